The first-order valence-corrected chi connectivity index (χ1v) is 7.63. The maximum absolute atomic E-state index is 5.93. The minimum atomic E-state index is 0.260. The molecule has 110 valence electrons. The molecule has 0 spiro atoms. The van der Waals surface area contributed by atoms with Gasteiger partial charge in [-0.2, -0.15) is 0 Å². The molecule has 22 heavy (non-hydrogen) atoms. The molecule has 2 N–H and O–H groups in total. The van der Waals surface area contributed by atoms with E-state index in [1.807, 2.05) is 43.3 Å². The van der Waals surface area contributed by atoms with Crippen LogP contribution in [0.15, 0.2) is 36.4 Å². The highest BCUT2D eigenvalue weighted by Gasteiger charge is 2.19. The average Bonchev–Trinajstić information content (AvgIpc) is 3.12. The van der Waals surface area contributed by atoms with E-state index < -0.39 is 0 Å². The third-order valence-electron chi connectivity index (χ3n) is 3.41. The Balaban J connectivity index is 1.86. The van der Waals surface area contributed by atoms with Crippen molar-refractivity contribution in [2.24, 2.45) is 0 Å². The molecule has 6 heteroatoms. The Morgan fingerprint density at radius 3 is 2.82 bits per heavy atom. The van der Waals surface area contributed by atoms with Gasteiger partial charge in [0.05, 0.1) is 10.6 Å². The summed E-state index contributed by atoms with van der Waals surface area (Å²) < 4.78 is 10.8. The minimum Gasteiger partial charge on any atom is -0.454 e. The van der Waals surface area contributed by atoms with Gasteiger partial charge in [-0.1, -0.05) is 17.4 Å². The van der Waals surface area contributed by atoms with Crippen LogP contribution >= 0.6 is 11.3 Å². The quantitative estimate of drug-likeness (QED) is 0.784. The van der Waals surface area contributed by atoms with E-state index in [4.69, 9.17) is 15.2 Å². The number of nitrogen functional groups attached to an aromatic ring is 1. The second kappa shape index (κ2) is 4.99. The first-order valence-electron chi connectivity index (χ1n) is 6.81. The number of hydrogen-bond donors (Lipinski definition) is 1. The number of fused-ring (bicyclic) bond motifs is 1. The summed E-state index contributed by atoms with van der Waals surface area (Å²) in [6.07, 6.45) is 0. The summed E-state index contributed by atoms with van der Waals surface area (Å²) in [6.45, 7) is 2.22. The maximum Gasteiger partial charge on any atom is 0.231 e. The predicted octanol–water partition coefficient (Wildman–Crippen LogP) is 3.49. The molecule has 0 radical (unpaired) electrons. The fourth-order valence-electron chi connectivity index (χ4n) is 2.42. The number of hydrogen-bond acceptors (Lipinski definition) is 6. The number of thiazole rings is 1. The number of nitrogens with zero attached hydrogens (tertiary/aromatic N) is 2. The van der Waals surface area contributed by atoms with Gasteiger partial charge in [-0.05, 0) is 42.8 Å². The van der Waals surface area contributed by atoms with Crippen LogP contribution in [0, 0.1) is 6.92 Å². The molecule has 4 rings (SSSR count). The van der Waals surface area contributed by atoms with Crippen LogP contribution < -0.4 is 15.2 Å². The number of benzene rings is 1. The molecule has 0 amide bonds. The number of ether oxygens (including phenoxy) is 2. The lowest BCUT2D eigenvalue weighted by Crippen LogP contribution is -1.92. The Morgan fingerprint density at radius 2 is 1.95 bits per heavy atom. The van der Waals surface area contributed by atoms with Gasteiger partial charge in [-0.25, -0.2) is 4.98 Å². The van der Waals surface area contributed by atoms with Crippen LogP contribution in [0.1, 0.15) is 5.69 Å². The lowest BCUT2D eigenvalue weighted by Gasteiger charge is -2.04. The number of aryl methyl sites for hydroxylation is 1. The fourth-order valence-corrected chi connectivity index (χ4v) is 3.26. The summed E-state index contributed by atoms with van der Waals surface area (Å²) >= 11 is 1.44. The Hall–Kier alpha value is -2.60. The summed E-state index contributed by atoms with van der Waals surface area (Å²) in [5.41, 5.74) is 9.49. The predicted molar refractivity (Wildman–Crippen MR) is 86.1 cm³/mol. The summed E-state index contributed by atoms with van der Waals surface area (Å²) in [7, 11) is 0. The summed E-state index contributed by atoms with van der Waals surface area (Å²) in [5.74, 6) is 1.50. The zero-order valence-corrected chi connectivity index (χ0v) is 12.7. The molecule has 2 aromatic heterocycles. The fraction of sp³-hybridized carbons (Fsp3) is 0.125. The van der Waals surface area contributed by atoms with Crippen molar-refractivity contribution >= 4 is 16.5 Å². The highest BCUT2D eigenvalue weighted by Crippen LogP contribution is 2.41. The van der Waals surface area contributed by atoms with E-state index in [2.05, 4.69) is 9.97 Å². The number of pyridine rings is 1. The van der Waals surface area contributed by atoms with Crippen LogP contribution in [-0.2, 0) is 0 Å². The second-order valence-electron chi connectivity index (χ2n) is 4.96. The summed E-state index contributed by atoms with van der Waals surface area (Å²) in [5, 5.41) is 0.519. The van der Waals surface area contributed by atoms with E-state index in [-0.39, 0.29) is 6.79 Å². The molecule has 0 fully saturated rings. The molecule has 0 atom stereocenters. The van der Waals surface area contributed by atoms with Crippen molar-refractivity contribution in [3.8, 4) is 33.3 Å². The smallest absolute Gasteiger partial charge is 0.231 e. The molecular formula is C16H13N3O2S. The Labute approximate surface area is 131 Å². The third kappa shape index (κ3) is 2.17. The van der Waals surface area contributed by atoms with Gasteiger partial charge in [0.25, 0.3) is 0 Å². The van der Waals surface area contributed by atoms with Gasteiger partial charge in [0.15, 0.2) is 16.6 Å². The normalized spacial score (nSPS) is 12.6. The van der Waals surface area contributed by atoms with Crippen molar-refractivity contribution in [3.63, 3.8) is 0 Å². The zero-order chi connectivity index (χ0) is 15.1. The molecular weight excluding hydrogens is 298 g/mol. The van der Waals surface area contributed by atoms with Gasteiger partial charge < -0.3 is 15.2 Å². The van der Waals surface area contributed by atoms with Gasteiger partial charge in [0.2, 0.25) is 6.79 Å². The van der Waals surface area contributed by atoms with E-state index in [0.717, 1.165) is 39.0 Å². The first-order chi connectivity index (χ1) is 10.7. The average molecular weight is 311 g/mol. The van der Waals surface area contributed by atoms with E-state index in [0.29, 0.717) is 5.13 Å². The third-order valence-corrected chi connectivity index (χ3v) is 4.34. The molecule has 1 aliphatic rings. The van der Waals surface area contributed by atoms with Crippen LogP contribution in [0.25, 0.3) is 21.8 Å². The summed E-state index contributed by atoms with van der Waals surface area (Å²) in [6, 6.07) is 11.7. The number of anilines is 1. The van der Waals surface area contributed by atoms with Crippen LogP contribution in [0.4, 0.5) is 5.13 Å². The maximum atomic E-state index is 5.93. The standard InChI is InChI=1S/C16H13N3O2S/c1-9-3-2-4-11(18-9)14-15(22-16(17)19-14)10-5-6-12-13(7-10)21-8-20-12/h2-7H,8H2,1H3,(H2,17,19). The molecule has 1 aliphatic heterocycles. The molecule has 5 nitrogen and oxygen atoms in total. The Bertz CT molecular complexity index is 860. The van der Waals surface area contributed by atoms with Crippen LogP contribution in [0.2, 0.25) is 0 Å². The van der Waals surface area contributed by atoms with Gasteiger partial charge in [-0.15, -0.1) is 0 Å². The second-order valence-corrected chi connectivity index (χ2v) is 5.99. The highest BCUT2D eigenvalue weighted by atomic mass is 32.1. The molecule has 0 aliphatic carbocycles. The van der Waals surface area contributed by atoms with E-state index >= 15 is 0 Å². The Kier molecular flexibility index (Phi) is 2.97. The van der Waals surface area contributed by atoms with Gasteiger partial charge >= 0.3 is 0 Å². The minimum absolute atomic E-state index is 0.260. The van der Waals surface area contributed by atoms with E-state index in [1.165, 1.54) is 11.3 Å². The summed E-state index contributed by atoms with van der Waals surface area (Å²) in [4.78, 5) is 9.98. The molecule has 3 aromatic rings. The topological polar surface area (TPSA) is 70.3 Å². The highest BCUT2D eigenvalue weighted by molar-refractivity contribution is 7.19. The Morgan fingerprint density at radius 1 is 1.09 bits per heavy atom. The molecule has 0 saturated carbocycles. The largest absolute Gasteiger partial charge is 0.454 e. The first kappa shape index (κ1) is 13.1. The van der Waals surface area contributed by atoms with Gasteiger partial charge in [-0.3, -0.25) is 4.98 Å². The van der Waals surface area contributed by atoms with Crippen molar-refractivity contribution in [2.75, 3.05) is 12.5 Å². The van der Waals surface area contributed by atoms with Crippen LogP contribution in [-0.4, -0.2) is 16.8 Å². The van der Waals surface area contributed by atoms with Crippen molar-refractivity contribution in [3.05, 3.63) is 42.1 Å². The van der Waals surface area contributed by atoms with Crippen molar-refractivity contribution in [1.29, 1.82) is 0 Å². The molecule has 3 heterocycles. The van der Waals surface area contributed by atoms with Crippen molar-refractivity contribution in [1.82, 2.24) is 9.97 Å². The molecule has 1 aromatic carbocycles. The van der Waals surface area contributed by atoms with Crippen LogP contribution in [0.5, 0.6) is 11.5 Å². The monoisotopic (exact) mass is 311 g/mol. The number of nitrogens with two attached hydrogens (primary N) is 1. The van der Waals surface area contributed by atoms with Gasteiger partial charge in [0, 0.05) is 5.69 Å². The number of aromatic nitrogens is 2. The van der Waals surface area contributed by atoms with Crippen molar-refractivity contribution < 1.29 is 9.47 Å². The lowest BCUT2D eigenvalue weighted by molar-refractivity contribution is 0.174. The lowest BCUT2D eigenvalue weighted by atomic mass is 10.1. The van der Waals surface area contributed by atoms with E-state index in [9.17, 15) is 0 Å². The van der Waals surface area contributed by atoms with Crippen molar-refractivity contribution in [2.45, 2.75) is 6.92 Å². The SMILES string of the molecule is Cc1cccc(-c2nc(N)sc2-c2ccc3c(c2)OCO3)n1. The van der Waals surface area contributed by atoms with Crippen LogP contribution in [0.3, 0.4) is 0 Å². The van der Waals surface area contributed by atoms with Gasteiger partial charge in [0.1, 0.15) is 5.69 Å². The van der Waals surface area contributed by atoms with E-state index in [1.54, 1.807) is 0 Å². The molecule has 0 bridgehead atoms. The molecule has 0 unspecified atom stereocenters. The zero-order valence-electron chi connectivity index (χ0n) is 11.9. The molecule has 0 saturated heterocycles. The number of rotatable bonds is 2.